The lowest BCUT2D eigenvalue weighted by Gasteiger charge is -2.09. The molecule has 0 heterocycles. The Morgan fingerprint density at radius 2 is 2.00 bits per heavy atom. The lowest BCUT2D eigenvalue weighted by molar-refractivity contribution is 0.780. The molecular weight excluding hydrogens is 319 g/mol. The highest BCUT2D eigenvalue weighted by atomic mass is 127. The fourth-order valence-corrected chi connectivity index (χ4v) is 1.75. The monoisotopic (exact) mass is 334 g/mol. The van der Waals surface area contributed by atoms with Crippen LogP contribution in [0.2, 0.25) is 0 Å². The summed E-state index contributed by atoms with van der Waals surface area (Å²) in [7, 11) is 0. The predicted molar refractivity (Wildman–Crippen MR) is 77.8 cm³/mol. The molecule has 0 bridgehead atoms. The maximum atomic E-state index is 5.99. The third kappa shape index (κ3) is 5.57. The Balaban J connectivity index is 2.29. The molecule has 0 radical (unpaired) electrons. The second-order valence-electron chi connectivity index (χ2n) is 3.58. The van der Waals surface area contributed by atoms with Gasteiger partial charge in [0, 0.05) is 9.30 Å². The number of rotatable bonds is 5. The molecule has 1 aromatic rings. The normalized spacial score (nSPS) is 15.4. The van der Waals surface area contributed by atoms with Gasteiger partial charge < -0.3 is 0 Å². The minimum Gasteiger partial charge on any atom is -0.122 e. The van der Waals surface area contributed by atoms with Gasteiger partial charge in [-0.2, -0.15) is 0 Å². The van der Waals surface area contributed by atoms with Gasteiger partial charge >= 0.3 is 0 Å². The third-order valence-corrected chi connectivity index (χ3v) is 4.65. The zero-order chi connectivity index (χ0) is 11.1. The first-order valence-corrected chi connectivity index (χ1v) is 6.88. The minimum absolute atomic E-state index is 0.260. The largest absolute Gasteiger partial charge is 0.122 e. The molecule has 1 aromatic carbocycles. The van der Waals surface area contributed by atoms with Crippen molar-refractivity contribution < 1.29 is 0 Å². The summed E-state index contributed by atoms with van der Waals surface area (Å²) in [5, 5.41) is 0.260. The molecule has 15 heavy (non-hydrogen) atoms. The highest BCUT2D eigenvalue weighted by Gasteiger charge is 2.08. The van der Waals surface area contributed by atoms with Crippen molar-refractivity contribution in [1.29, 1.82) is 0 Å². The summed E-state index contributed by atoms with van der Waals surface area (Å²) in [6.45, 7) is 2.06. The fraction of sp³-hybridized carbons (Fsp3) is 0.385. The molecule has 0 spiro atoms. The second-order valence-corrected chi connectivity index (χ2v) is 5.87. The van der Waals surface area contributed by atoms with E-state index < -0.39 is 0 Å². The number of hydrogen-bond acceptors (Lipinski definition) is 0. The van der Waals surface area contributed by atoms with Crippen LogP contribution in [0, 0.1) is 0 Å². The highest BCUT2D eigenvalue weighted by Crippen LogP contribution is 2.18. The van der Waals surface area contributed by atoms with Crippen LogP contribution in [-0.4, -0.2) is 9.30 Å². The molecule has 2 heteroatoms. The van der Waals surface area contributed by atoms with Gasteiger partial charge in [-0.15, -0.1) is 11.6 Å². The van der Waals surface area contributed by atoms with Crippen LogP contribution < -0.4 is 0 Å². The summed E-state index contributed by atoms with van der Waals surface area (Å²) in [6.07, 6.45) is 6.64. The van der Waals surface area contributed by atoms with E-state index in [0.717, 1.165) is 12.8 Å². The number of allylic oxidation sites excluding steroid dienone is 1. The van der Waals surface area contributed by atoms with Crippen molar-refractivity contribution >= 4 is 40.3 Å². The zero-order valence-corrected chi connectivity index (χ0v) is 11.8. The van der Waals surface area contributed by atoms with Gasteiger partial charge in [-0.1, -0.05) is 65.1 Å². The molecule has 0 saturated heterocycles. The van der Waals surface area contributed by atoms with Crippen molar-refractivity contribution in [3.8, 4) is 0 Å². The van der Waals surface area contributed by atoms with Crippen LogP contribution in [0.5, 0.6) is 0 Å². The smallest absolute Gasteiger partial charge is 0.0425 e. The molecule has 0 N–H and O–H groups in total. The first kappa shape index (κ1) is 13.0. The average Bonchev–Trinajstić information content (AvgIpc) is 2.25. The molecule has 82 valence electrons. The number of halogens is 2. The lowest BCUT2D eigenvalue weighted by atomic mass is 10.1. The quantitative estimate of drug-likeness (QED) is 0.530. The molecule has 0 aromatic heterocycles. The predicted octanol–water partition coefficient (Wildman–Crippen LogP) is 4.91. The van der Waals surface area contributed by atoms with Crippen molar-refractivity contribution in [2.24, 2.45) is 0 Å². The first-order chi connectivity index (χ1) is 7.20. The van der Waals surface area contributed by atoms with Crippen molar-refractivity contribution in [1.82, 2.24) is 0 Å². The van der Waals surface area contributed by atoms with E-state index in [1.165, 1.54) is 5.56 Å². The van der Waals surface area contributed by atoms with Crippen LogP contribution in [0.15, 0.2) is 36.4 Å². The third-order valence-electron chi connectivity index (χ3n) is 2.22. The van der Waals surface area contributed by atoms with Crippen LogP contribution in [0.3, 0.4) is 0 Å². The Bertz CT molecular complexity index is 293. The molecule has 0 fully saturated rings. The van der Waals surface area contributed by atoms with E-state index in [9.17, 15) is 0 Å². The van der Waals surface area contributed by atoms with Gasteiger partial charge in [0.15, 0.2) is 0 Å². The Morgan fingerprint density at radius 3 is 2.60 bits per heavy atom. The topological polar surface area (TPSA) is 0 Å². The van der Waals surface area contributed by atoms with Gasteiger partial charge in [-0.05, 0) is 25.3 Å². The van der Waals surface area contributed by atoms with E-state index in [4.69, 9.17) is 11.6 Å². The highest BCUT2D eigenvalue weighted by molar-refractivity contribution is 14.1. The van der Waals surface area contributed by atoms with Crippen LogP contribution in [0.4, 0.5) is 0 Å². The molecule has 0 saturated carbocycles. The molecule has 1 rings (SSSR count). The minimum atomic E-state index is 0.260. The lowest BCUT2D eigenvalue weighted by Crippen LogP contribution is -2.08. The molecule has 0 nitrogen and oxygen atoms in total. The molecule has 0 aliphatic rings. The van der Waals surface area contributed by atoms with E-state index in [1.807, 2.05) is 6.07 Å². The zero-order valence-electron chi connectivity index (χ0n) is 8.87. The van der Waals surface area contributed by atoms with Crippen LogP contribution >= 0.6 is 34.2 Å². The van der Waals surface area contributed by atoms with Crippen molar-refractivity contribution in [3.63, 3.8) is 0 Å². The summed E-state index contributed by atoms with van der Waals surface area (Å²) in [5.74, 6) is 0. The molecule has 0 aliphatic heterocycles. The maximum Gasteiger partial charge on any atom is 0.0425 e. The molecule has 0 amide bonds. The summed E-state index contributed by atoms with van der Waals surface area (Å²) >= 11 is 8.41. The Labute approximate surface area is 111 Å². The Kier molecular flexibility index (Phi) is 6.34. The second kappa shape index (κ2) is 7.29. The summed E-state index contributed by atoms with van der Waals surface area (Å²) in [4.78, 5) is 0. The van der Waals surface area contributed by atoms with Crippen LogP contribution in [-0.2, 0) is 0 Å². The van der Waals surface area contributed by atoms with Crippen molar-refractivity contribution in [2.75, 3.05) is 0 Å². The van der Waals surface area contributed by atoms with Gasteiger partial charge in [0.05, 0.1) is 0 Å². The SMILES string of the molecule is CC(Cl)C(I)CCC=Cc1ccccc1. The van der Waals surface area contributed by atoms with Gasteiger partial charge in [-0.3, -0.25) is 0 Å². The van der Waals surface area contributed by atoms with E-state index in [0.29, 0.717) is 3.92 Å². The Hall–Kier alpha value is -0.0200. The molecule has 0 aliphatic carbocycles. The number of benzene rings is 1. The van der Waals surface area contributed by atoms with Gasteiger partial charge in [0.2, 0.25) is 0 Å². The summed E-state index contributed by atoms with van der Waals surface area (Å²) in [6, 6.07) is 10.4. The van der Waals surface area contributed by atoms with Gasteiger partial charge in [-0.25, -0.2) is 0 Å². The first-order valence-electron chi connectivity index (χ1n) is 5.20. The Morgan fingerprint density at radius 1 is 1.33 bits per heavy atom. The molecule has 2 unspecified atom stereocenters. The summed E-state index contributed by atoms with van der Waals surface area (Å²) in [5.41, 5.74) is 1.27. The fourth-order valence-electron chi connectivity index (χ4n) is 1.27. The summed E-state index contributed by atoms with van der Waals surface area (Å²) < 4.78 is 0.560. The standard InChI is InChI=1S/C13H16ClI/c1-11(14)13(15)10-6-5-9-12-7-3-2-4-8-12/h2-5,7-9,11,13H,6,10H2,1H3. The van der Waals surface area contributed by atoms with E-state index in [2.05, 4.69) is 65.9 Å². The van der Waals surface area contributed by atoms with Crippen LogP contribution in [0.1, 0.15) is 25.3 Å². The van der Waals surface area contributed by atoms with E-state index in [1.54, 1.807) is 0 Å². The number of hydrogen-bond donors (Lipinski definition) is 0. The molecular formula is C13H16ClI. The van der Waals surface area contributed by atoms with E-state index >= 15 is 0 Å². The van der Waals surface area contributed by atoms with Crippen LogP contribution in [0.25, 0.3) is 6.08 Å². The number of alkyl halides is 2. The van der Waals surface area contributed by atoms with E-state index in [-0.39, 0.29) is 5.38 Å². The van der Waals surface area contributed by atoms with Crippen molar-refractivity contribution in [2.45, 2.75) is 29.1 Å². The maximum absolute atomic E-state index is 5.99. The van der Waals surface area contributed by atoms with Gasteiger partial charge in [0.1, 0.15) is 0 Å². The van der Waals surface area contributed by atoms with Gasteiger partial charge in [0.25, 0.3) is 0 Å². The van der Waals surface area contributed by atoms with Crippen molar-refractivity contribution in [3.05, 3.63) is 42.0 Å². The average molecular weight is 335 g/mol. The molecule has 2 atom stereocenters.